The van der Waals surface area contributed by atoms with Gasteiger partial charge in [-0.3, -0.25) is 9.35 Å². The molecule has 16 heavy (non-hydrogen) atoms. The van der Waals surface area contributed by atoms with Gasteiger partial charge in [-0.25, -0.2) is 4.72 Å². The second kappa shape index (κ2) is 4.63. The average Bonchev–Trinajstić information content (AvgIpc) is 2.15. The van der Waals surface area contributed by atoms with Crippen LogP contribution in [0.3, 0.4) is 0 Å². The van der Waals surface area contributed by atoms with Gasteiger partial charge in [0.15, 0.2) is 0 Å². The normalized spacial score (nSPS) is 11.5. The Morgan fingerprint density at radius 1 is 1.25 bits per heavy atom. The molecule has 5 nitrogen and oxygen atoms in total. The van der Waals surface area contributed by atoms with Gasteiger partial charge in [0, 0.05) is 5.56 Å². The van der Waals surface area contributed by atoms with Crippen molar-refractivity contribution in [1.82, 2.24) is 4.72 Å². The SMILES string of the molecule is CC(C)c1ccc(C(=O)NS(=O)(=O)O)cc1. The predicted octanol–water partition coefficient (Wildman–Crippen LogP) is 1.34. The van der Waals surface area contributed by atoms with E-state index in [1.165, 1.54) is 16.9 Å². The molecule has 1 aromatic rings. The van der Waals surface area contributed by atoms with Crippen molar-refractivity contribution in [3.63, 3.8) is 0 Å². The van der Waals surface area contributed by atoms with E-state index in [0.717, 1.165) is 5.56 Å². The third kappa shape index (κ3) is 3.63. The molecule has 0 aromatic heterocycles. The van der Waals surface area contributed by atoms with Gasteiger partial charge in [-0.2, -0.15) is 8.42 Å². The summed E-state index contributed by atoms with van der Waals surface area (Å²) in [7, 11) is -4.50. The third-order valence-corrected chi connectivity index (χ3v) is 2.50. The quantitative estimate of drug-likeness (QED) is 0.785. The number of benzene rings is 1. The summed E-state index contributed by atoms with van der Waals surface area (Å²) >= 11 is 0. The number of hydrogen-bond acceptors (Lipinski definition) is 3. The molecule has 0 aliphatic carbocycles. The molecule has 0 saturated heterocycles. The lowest BCUT2D eigenvalue weighted by Crippen LogP contribution is -2.29. The van der Waals surface area contributed by atoms with Gasteiger partial charge in [0.1, 0.15) is 0 Å². The number of nitrogens with one attached hydrogen (secondary N) is 1. The monoisotopic (exact) mass is 243 g/mol. The molecule has 0 radical (unpaired) electrons. The minimum absolute atomic E-state index is 0.182. The highest BCUT2D eigenvalue weighted by molar-refractivity contribution is 7.84. The molecule has 6 heteroatoms. The highest BCUT2D eigenvalue weighted by atomic mass is 32.2. The summed E-state index contributed by atoms with van der Waals surface area (Å²) in [6.07, 6.45) is 0. The van der Waals surface area contributed by atoms with Gasteiger partial charge in [0.25, 0.3) is 5.91 Å². The van der Waals surface area contributed by atoms with Crippen molar-refractivity contribution in [3.05, 3.63) is 35.4 Å². The maximum absolute atomic E-state index is 11.3. The van der Waals surface area contributed by atoms with Crippen molar-refractivity contribution in [2.45, 2.75) is 19.8 Å². The molecule has 1 rings (SSSR count). The van der Waals surface area contributed by atoms with Crippen LogP contribution >= 0.6 is 0 Å². The minimum Gasteiger partial charge on any atom is -0.269 e. The zero-order chi connectivity index (χ0) is 12.3. The molecule has 0 aliphatic heterocycles. The molecule has 0 aliphatic rings. The predicted molar refractivity (Wildman–Crippen MR) is 59.5 cm³/mol. The molecule has 0 saturated carbocycles. The molecule has 0 spiro atoms. The molecule has 88 valence electrons. The molecule has 0 heterocycles. The number of amides is 1. The van der Waals surface area contributed by atoms with Gasteiger partial charge < -0.3 is 0 Å². The topological polar surface area (TPSA) is 83.5 Å². The molecule has 0 bridgehead atoms. The van der Waals surface area contributed by atoms with Gasteiger partial charge >= 0.3 is 10.3 Å². The fourth-order valence-electron chi connectivity index (χ4n) is 1.20. The molecule has 1 aromatic carbocycles. The van der Waals surface area contributed by atoms with E-state index in [0.29, 0.717) is 5.92 Å². The lowest BCUT2D eigenvalue weighted by Gasteiger charge is -2.06. The van der Waals surface area contributed by atoms with Crippen LogP contribution in [0.25, 0.3) is 0 Å². The molecular weight excluding hydrogens is 230 g/mol. The smallest absolute Gasteiger partial charge is 0.269 e. The molecule has 2 N–H and O–H groups in total. The van der Waals surface area contributed by atoms with Crippen molar-refractivity contribution in [1.29, 1.82) is 0 Å². The molecule has 0 atom stereocenters. The Bertz CT molecular complexity index is 476. The first-order valence-corrected chi connectivity index (χ1v) is 6.13. The van der Waals surface area contributed by atoms with Crippen LogP contribution in [0.1, 0.15) is 35.7 Å². The third-order valence-electron chi connectivity index (χ3n) is 2.06. The Morgan fingerprint density at radius 2 is 1.75 bits per heavy atom. The van der Waals surface area contributed by atoms with Crippen molar-refractivity contribution in [2.24, 2.45) is 0 Å². The summed E-state index contributed by atoms with van der Waals surface area (Å²) in [6.45, 7) is 4.01. The number of hydrogen-bond donors (Lipinski definition) is 2. The summed E-state index contributed by atoms with van der Waals surface area (Å²) < 4.78 is 30.7. The summed E-state index contributed by atoms with van der Waals surface area (Å²) in [6, 6.07) is 6.50. The fraction of sp³-hybridized carbons (Fsp3) is 0.300. The van der Waals surface area contributed by atoms with Crippen LogP contribution in [0, 0.1) is 0 Å². The molecule has 1 amide bonds. The van der Waals surface area contributed by atoms with Gasteiger partial charge in [-0.15, -0.1) is 0 Å². The Morgan fingerprint density at radius 3 is 2.12 bits per heavy atom. The van der Waals surface area contributed by atoms with Crippen LogP contribution in [0.15, 0.2) is 24.3 Å². The summed E-state index contributed by atoms with van der Waals surface area (Å²) in [5.74, 6) is -0.517. The van der Waals surface area contributed by atoms with Crippen LogP contribution in [-0.2, 0) is 10.3 Å². The minimum atomic E-state index is -4.50. The average molecular weight is 243 g/mol. The zero-order valence-corrected chi connectivity index (χ0v) is 9.78. The Hall–Kier alpha value is -1.40. The van der Waals surface area contributed by atoms with Gasteiger partial charge in [-0.1, -0.05) is 26.0 Å². The highest BCUT2D eigenvalue weighted by Gasteiger charge is 2.12. The molecule has 0 unspecified atom stereocenters. The van der Waals surface area contributed by atoms with Gasteiger partial charge in [-0.05, 0) is 23.6 Å². The lowest BCUT2D eigenvalue weighted by atomic mass is 10.0. The number of carbonyl (C=O) groups is 1. The summed E-state index contributed by atoms with van der Waals surface area (Å²) in [5.41, 5.74) is 1.23. The van der Waals surface area contributed by atoms with Crippen molar-refractivity contribution < 1.29 is 17.8 Å². The first-order valence-electron chi connectivity index (χ1n) is 4.69. The summed E-state index contributed by atoms with van der Waals surface area (Å²) in [5, 5.41) is 0. The van der Waals surface area contributed by atoms with Crippen LogP contribution in [0.4, 0.5) is 0 Å². The first kappa shape index (κ1) is 12.7. The maximum atomic E-state index is 11.3. The zero-order valence-electron chi connectivity index (χ0n) is 8.97. The maximum Gasteiger partial charge on any atom is 0.359 e. The van der Waals surface area contributed by atoms with E-state index in [2.05, 4.69) is 0 Å². The standard InChI is InChI=1S/C10H13NO4S/c1-7(2)8-3-5-9(6-4-8)10(12)11-16(13,14)15/h3-7H,1-2H3,(H,11,12)(H,13,14,15). The Kier molecular flexibility index (Phi) is 3.66. The molecule has 0 fully saturated rings. The van der Waals surface area contributed by atoms with Crippen molar-refractivity contribution >= 4 is 16.2 Å². The fourth-order valence-corrected chi connectivity index (χ4v) is 1.55. The van der Waals surface area contributed by atoms with Crippen molar-refractivity contribution in [3.8, 4) is 0 Å². The van der Waals surface area contributed by atoms with Crippen molar-refractivity contribution in [2.75, 3.05) is 0 Å². The van der Waals surface area contributed by atoms with E-state index in [-0.39, 0.29) is 5.56 Å². The molecular formula is C10H13NO4S. The van der Waals surface area contributed by atoms with Gasteiger partial charge in [0.05, 0.1) is 0 Å². The second-order valence-electron chi connectivity index (χ2n) is 3.68. The summed E-state index contributed by atoms with van der Waals surface area (Å²) in [4.78, 5) is 11.3. The van der Waals surface area contributed by atoms with Crippen LogP contribution in [0.2, 0.25) is 0 Å². The van der Waals surface area contributed by atoms with E-state index in [1.807, 2.05) is 13.8 Å². The van der Waals surface area contributed by atoms with E-state index < -0.39 is 16.2 Å². The largest absolute Gasteiger partial charge is 0.359 e. The van der Waals surface area contributed by atoms with E-state index in [4.69, 9.17) is 4.55 Å². The second-order valence-corrected chi connectivity index (χ2v) is 4.84. The lowest BCUT2D eigenvalue weighted by molar-refractivity contribution is 0.0978. The Balaban J connectivity index is 2.86. The van der Waals surface area contributed by atoms with Gasteiger partial charge in [0.2, 0.25) is 0 Å². The Labute approximate surface area is 94.4 Å². The first-order chi connectivity index (χ1) is 7.29. The van der Waals surface area contributed by atoms with E-state index in [9.17, 15) is 13.2 Å². The van der Waals surface area contributed by atoms with Crippen LogP contribution < -0.4 is 4.72 Å². The number of carbonyl (C=O) groups excluding carboxylic acids is 1. The van der Waals surface area contributed by atoms with Crippen LogP contribution in [-0.4, -0.2) is 18.9 Å². The van der Waals surface area contributed by atoms with E-state index >= 15 is 0 Å². The van der Waals surface area contributed by atoms with Crippen LogP contribution in [0.5, 0.6) is 0 Å². The highest BCUT2D eigenvalue weighted by Crippen LogP contribution is 2.14. The number of rotatable bonds is 3. The van der Waals surface area contributed by atoms with E-state index in [1.54, 1.807) is 12.1 Å².